The number of carbonyl (C=O) groups excluding carboxylic acids is 2. The van der Waals surface area contributed by atoms with Gasteiger partial charge in [-0.15, -0.1) is 0 Å². The third kappa shape index (κ3) is 13.3. The summed E-state index contributed by atoms with van der Waals surface area (Å²) in [7, 11) is 2.77. The van der Waals surface area contributed by atoms with Crippen LogP contribution in [0.15, 0.2) is 103 Å². The number of unbranched alkanes of at least 4 members (excludes halogenated alkanes) is 2. The molecule has 1 aliphatic carbocycles. The van der Waals surface area contributed by atoms with Gasteiger partial charge in [-0.3, -0.25) is 4.79 Å². The summed E-state index contributed by atoms with van der Waals surface area (Å²) in [6, 6.07) is 23.9. The number of hydrogen-bond donors (Lipinski definition) is 0. The molecular weight excluding hydrogens is 644 g/mol. The van der Waals surface area contributed by atoms with Crippen molar-refractivity contribution in [3.63, 3.8) is 0 Å². The first-order valence-corrected chi connectivity index (χ1v) is 17.8. The summed E-state index contributed by atoms with van der Waals surface area (Å²) in [5.41, 5.74) is 3.23. The van der Waals surface area contributed by atoms with Crippen LogP contribution >= 0.6 is 0 Å². The number of allylic oxidation sites excluding steroid dienone is 3. The van der Waals surface area contributed by atoms with E-state index < -0.39 is 0 Å². The van der Waals surface area contributed by atoms with Gasteiger partial charge in [0.1, 0.15) is 23.0 Å². The molecule has 1 unspecified atom stereocenters. The molecule has 272 valence electrons. The molecule has 51 heavy (non-hydrogen) atoms. The second kappa shape index (κ2) is 20.6. The highest BCUT2D eigenvalue weighted by Gasteiger charge is 2.30. The summed E-state index contributed by atoms with van der Waals surface area (Å²) in [6.07, 6.45) is 15.2. The predicted octanol–water partition coefficient (Wildman–Crippen LogP) is 8.83. The molecule has 0 spiro atoms. The molecule has 0 saturated carbocycles. The Balaban J connectivity index is 1.07. The van der Waals surface area contributed by atoms with Gasteiger partial charge >= 0.3 is 11.9 Å². The van der Waals surface area contributed by atoms with Gasteiger partial charge in [-0.1, -0.05) is 56.3 Å². The molecule has 4 rings (SSSR count). The third-order valence-electron chi connectivity index (χ3n) is 9.01. The van der Waals surface area contributed by atoms with Gasteiger partial charge in [0.15, 0.2) is 0 Å². The second-order valence-electron chi connectivity index (χ2n) is 13.0. The summed E-state index contributed by atoms with van der Waals surface area (Å²) in [6.45, 7) is 7.11. The molecular formula is C43H52O8. The first kappa shape index (κ1) is 38.8. The van der Waals surface area contributed by atoms with E-state index in [2.05, 4.69) is 61.1 Å². The molecule has 1 aliphatic rings. The van der Waals surface area contributed by atoms with Crippen LogP contribution in [0.2, 0.25) is 0 Å². The van der Waals surface area contributed by atoms with Crippen molar-refractivity contribution < 1.29 is 38.0 Å². The number of carbonyl (C=O) groups is 2. The Morgan fingerprint density at radius 3 is 1.75 bits per heavy atom. The van der Waals surface area contributed by atoms with Crippen LogP contribution in [0.4, 0.5) is 0 Å². The Kier molecular flexibility index (Phi) is 15.7. The van der Waals surface area contributed by atoms with Gasteiger partial charge in [0.25, 0.3) is 0 Å². The molecule has 0 heterocycles. The largest absolute Gasteiger partial charge is 0.494 e. The molecule has 3 aromatic rings. The first-order valence-electron chi connectivity index (χ1n) is 17.8. The molecule has 8 nitrogen and oxygen atoms in total. The molecule has 0 aromatic heterocycles. The van der Waals surface area contributed by atoms with E-state index >= 15 is 0 Å². The molecule has 0 bridgehead atoms. The molecule has 1 atom stereocenters. The van der Waals surface area contributed by atoms with Crippen LogP contribution in [-0.2, 0) is 35.6 Å². The number of methoxy groups -OCH3 is 2. The number of esters is 2. The van der Waals surface area contributed by atoms with Crippen molar-refractivity contribution in [2.24, 2.45) is 5.92 Å². The molecule has 3 aromatic carbocycles. The summed E-state index contributed by atoms with van der Waals surface area (Å²) >= 11 is 0. The van der Waals surface area contributed by atoms with Crippen LogP contribution in [0.3, 0.4) is 0 Å². The van der Waals surface area contributed by atoms with Crippen LogP contribution in [0.25, 0.3) is 6.08 Å². The van der Waals surface area contributed by atoms with E-state index in [0.717, 1.165) is 66.2 Å². The molecule has 0 amide bonds. The van der Waals surface area contributed by atoms with Crippen molar-refractivity contribution in [1.82, 2.24) is 0 Å². The maximum Gasteiger partial charge on any atom is 0.330 e. The fourth-order valence-corrected chi connectivity index (χ4v) is 5.61. The maximum absolute atomic E-state index is 11.3. The van der Waals surface area contributed by atoms with Gasteiger partial charge in [-0.2, -0.15) is 0 Å². The van der Waals surface area contributed by atoms with Crippen LogP contribution in [-0.4, -0.2) is 52.6 Å². The molecule has 0 radical (unpaired) electrons. The van der Waals surface area contributed by atoms with Crippen LogP contribution in [0.5, 0.6) is 17.2 Å². The quantitative estimate of drug-likeness (QED) is 0.0620. The third-order valence-corrected chi connectivity index (χ3v) is 9.01. The van der Waals surface area contributed by atoms with Gasteiger partial charge in [-0.05, 0) is 121 Å². The summed E-state index contributed by atoms with van der Waals surface area (Å²) in [4.78, 5) is 22.5. The smallest absolute Gasteiger partial charge is 0.330 e. The van der Waals surface area contributed by atoms with Crippen molar-refractivity contribution in [2.75, 3.05) is 40.6 Å². The van der Waals surface area contributed by atoms with Crippen molar-refractivity contribution in [2.45, 2.75) is 64.2 Å². The van der Waals surface area contributed by atoms with Crippen molar-refractivity contribution in [3.05, 3.63) is 120 Å². The Bertz CT molecular complexity index is 1580. The van der Waals surface area contributed by atoms with E-state index in [1.165, 1.54) is 25.9 Å². The highest BCUT2D eigenvalue weighted by Crippen LogP contribution is 2.38. The van der Waals surface area contributed by atoms with Gasteiger partial charge in [-0.25, -0.2) is 4.79 Å². The van der Waals surface area contributed by atoms with Crippen molar-refractivity contribution >= 4 is 18.0 Å². The summed E-state index contributed by atoms with van der Waals surface area (Å²) in [5, 5.41) is 0. The predicted molar refractivity (Wildman–Crippen MR) is 200 cm³/mol. The zero-order valence-electron chi connectivity index (χ0n) is 30.4. The minimum absolute atomic E-state index is 0.0405. The van der Waals surface area contributed by atoms with Crippen molar-refractivity contribution in [3.8, 4) is 17.2 Å². The molecule has 0 fully saturated rings. The lowest BCUT2D eigenvalue weighted by Crippen LogP contribution is -2.28. The second-order valence-corrected chi connectivity index (χ2v) is 13.0. The lowest BCUT2D eigenvalue weighted by atomic mass is 9.71. The number of hydrogen-bond acceptors (Lipinski definition) is 8. The summed E-state index contributed by atoms with van der Waals surface area (Å²) in [5.74, 6) is 3.22. The van der Waals surface area contributed by atoms with E-state index in [1.807, 2.05) is 48.5 Å². The Labute approximate surface area is 303 Å². The van der Waals surface area contributed by atoms with Crippen LogP contribution < -0.4 is 14.2 Å². The van der Waals surface area contributed by atoms with E-state index in [4.69, 9.17) is 23.7 Å². The molecule has 0 aliphatic heterocycles. The molecule has 0 saturated heterocycles. The van der Waals surface area contributed by atoms with Gasteiger partial charge in [0.05, 0.1) is 40.6 Å². The first-order chi connectivity index (χ1) is 24.8. The summed E-state index contributed by atoms with van der Waals surface area (Å²) < 4.78 is 33.0. The van der Waals surface area contributed by atoms with Gasteiger partial charge in [0, 0.05) is 12.5 Å². The Hall–Kier alpha value is -4.98. The maximum atomic E-state index is 11.3. The Morgan fingerprint density at radius 1 is 0.706 bits per heavy atom. The van der Waals surface area contributed by atoms with Crippen LogP contribution in [0, 0.1) is 5.92 Å². The number of benzene rings is 3. The van der Waals surface area contributed by atoms with Gasteiger partial charge < -0.3 is 28.4 Å². The van der Waals surface area contributed by atoms with E-state index in [1.54, 1.807) is 6.08 Å². The van der Waals surface area contributed by atoms with E-state index in [-0.39, 0.29) is 17.4 Å². The molecule has 8 heteroatoms. The topological polar surface area (TPSA) is 89.5 Å². The van der Waals surface area contributed by atoms with Gasteiger partial charge in [0.2, 0.25) is 0 Å². The standard InChI is InChI=1S/C43H52O8/c1-43(2,35-15-23-39(24-16-35)50-31-7-5-29-48-37-19-9-33(10-20-37)13-27-41(44)46-3)36-17-25-40(26-18-36)51-32-8-6-30-49-38-21-11-34(12-22-38)14-28-42(45)47-4/h9-13,15-17,19-27,36H,5-8,14,18,28-32H2,1-4H3/b27-13+. The fraction of sp³-hybridized carbons (Fsp3) is 0.395. The normalized spacial score (nSPS) is 14.1. The molecule has 0 N–H and O–H groups in total. The minimum Gasteiger partial charge on any atom is -0.494 e. The Morgan fingerprint density at radius 2 is 1.24 bits per heavy atom. The lowest BCUT2D eigenvalue weighted by Gasteiger charge is -2.34. The van der Waals surface area contributed by atoms with Crippen molar-refractivity contribution in [1.29, 1.82) is 0 Å². The zero-order valence-corrected chi connectivity index (χ0v) is 30.4. The highest BCUT2D eigenvalue weighted by molar-refractivity contribution is 5.86. The highest BCUT2D eigenvalue weighted by atomic mass is 16.5. The minimum atomic E-state index is -0.380. The van der Waals surface area contributed by atoms with Crippen LogP contribution in [0.1, 0.15) is 69.1 Å². The lowest BCUT2D eigenvalue weighted by molar-refractivity contribution is -0.140. The average molecular weight is 697 g/mol. The zero-order chi connectivity index (χ0) is 36.3. The number of ether oxygens (including phenoxy) is 6. The number of rotatable bonds is 21. The van der Waals surface area contributed by atoms with E-state index in [0.29, 0.717) is 45.2 Å². The fourth-order valence-electron chi connectivity index (χ4n) is 5.61. The monoisotopic (exact) mass is 696 g/mol. The number of aryl methyl sites for hydroxylation is 1. The average Bonchev–Trinajstić information content (AvgIpc) is 3.16. The SMILES string of the molecule is COC(=O)/C=C/c1ccc(OCCCCOc2ccc(C(C)(C)C3C=CC(OCCCCOc4ccc(CCC(=O)OC)cc4)=CC3)cc2)cc1. The van der Waals surface area contributed by atoms with E-state index in [9.17, 15) is 9.59 Å².